The van der Waals surface area contributed by atoms with Crippen LogP contribution in [0.25, 0.3) is 0 Å². The van der Waals surface area contributed by atoms with Crippen LogP contribution in [0.4, 0.5) is 10.1 Å². The topological polar surface area (TPSA) is 47.3 Å². The molecule has 0 N–H and O–H groups in total. The van der Waals surface area contributed by atoms with Gasteiger partial charge in [-0.2, -0.15) is 5.26 Å². The molecule has 1 aliphatic rings. The van der Waals surface area contributed by atoms with E-state index in [-0.39, 0.29) is 16.5 Å². The molecule has 0 saturated carbocycles. The van der Waals surface area contributed by atoms with Crippen LogP contribution >= 0.6 is 11.6 Å². The third kappa shape index (κ3) is 3.19. The minimum Gasteiger partial charge on any atom is -0.368 e. The summed E-state index contributed by atoms with van der Waals surface area (Å²) in [6, 6.07) is 13.7. The van der Waals surface area contributed by atoms with Crippen molar-refractivity contribution in [1.82, 2.24) is 4.90 Å². The van der Waals surface area contributed by atoms with Gasteiger partial charge in [0.05, 0.1) is 22.2 Å². The smallest absolute Gasteiger partial charge is 0.258 e. The third-order valence-electron chi connectivity index (χ3n) is 4.11. The zero-order valence-corrected chi connectivity index (χ0v) is 13.6. The largest absolute Gasteiger partial charge is 0.368 e. The second-order valence-corrected chi connectivity index (χ2v) is 5.94. The first-order valence-corrected chi connectivity index (χ1v) is 7.96. The minimum atomic E-state index is -0.595. The summed E-state index contributed by atoms with van der Waals surface area (Å²) in [4.78, 5) is 16.3. The average molecular weight is 344 g/mol. The van der Waals surface area contributed by atoms with Gasteiger partial charge in [0.25, 0.3) is 5.91 Å². The van der Waals surface area contributed by atoms with Crippen molar-refractivity contribution in [2.24, 2.45) is 0 Å². The van der Waals surface area contributed by atoms with Crippen LogP contribution in [0, 0.1) is 17.1 Å². The first kappa shape index (κ1) is 16.3. The molecule has 2 aromatic rings. The van der Waals surface area contributed by atoms with Gasteiger partial charge in [-0.25, -0.2) is 4.39 Å². The van der Waals surface area contributed by atoms with Gasteiger partial charge in [0, 0.05) is 31.9 Å². The van der Waals surface area contributed by atoms with Crippen molar-refractivity contribution in [3.63, 3.8) is 0 Å². The maximum atomic E-state index is 13.9. The number of piperazine rings is 1. The summed E-state index contributed by atoms with van der Waals surface area (Å²) in [5.74, 6) is -0.973. The molecule has 122 valence electrons. The van der Waals surface area contributed by atoms with Crippen molar-refractivity contribution in [2.75, 3.05) is 31.1 Å². The molecular formula is C18H15ClFN3O. The van der Waals surface area contributed by atoms with E-state index in [2.05, 4.69) is 11.0 Å². The standard InChI is InChI=1S/C18H15ClFN3O/c19-15-2-1-3-16(20)17(15)18(24)23-10-8-22(9-11-23)14-6-4-13(12-21)5-7-14/h1-7H,8-11H2. The van der Waals surface area contributed by atoms with E-state index in [1.54, 1.807) is 17.0 Å². The van der Waals surface area contributed by atoms with Crippen LogP contribution < -0.4 is 4.90 Å². The van der Waals surface area contributed by atoms with E-state index >= 15 is 0 Å². The summed E-state index contributed by atoms with van der Waals surface area (Å²) in [5.41, 5.74) is 1.55. The molecule has 0 spiro atoms. The van der Waals surface area contributed by atoms with Crippen LogP contribution in [0.5, 0.6) is 0 Å². The van der Waals surface area contributed by atoms with Gasteiger partial charge < -0.3 is 9.80 Å². The Labute approximate surface area is 144 Å². The van der Waals surface area contributed by atoms with Crippen molar-refractivity contribution in [3.8, 4) is 6.07 Å². The summed E-state index contributed by atoms with van der Waals surface area (Å²) in [6.45, 7) is 2.26. The number of carbonyl (C=O) groups excluding carboxylic acids is 1. The van der Waals surface area contributed by atoms with Crippen LogP contribution in [0.15, 0.2) is 42.5 Å². The molecular weight excluding hydrogens is 329 g/mol. The summed E-state index contributed by atoms with van der Waals surface area (Å²) in [7, 11) is 0. The van der Waals surface area contributed by atoms with Gasteiger partial charge in [0.15, 0.2) is 0 Å². The summed E-state index contributed by atoms with van der Waals surface area (Å²) in [6.07, 6.45) is 0. The average Bonchev–Trinajstić information content (AvgIpc) is 2.62. The van der Waals surface area contributed by atoms with E-state index in [4.69, 9.17) is 16.9 Å². The Balaban J connectivity index is 1.68. The number of benzene rings is 2. The normalized spacial score (nSPS) is 14.4. The van der Waals surface area contributed by atoms with Gasteiger partial charge in [-0.15, -0.1) is 0 Å². The number of hydrogen-bond donors (Lipinski definition) is 0. The molecule has 0 bridgehead atoms. The van der Waals surface area contributed by atoms with Gasteiger partial charge in [0.1, 0.15) is 5.82 Å². The summed E-state index contributed by atoms with van der Waals surface area (Å²) < 4.78 is 13.9. The first-order valence-electron chi connectivity index (χ1n) is 7.58. The van der Waals surface area contributed by atoms with Gasteiger partial charge in [-0.3, -0.25) is 4.79 Å². The molecule has 6 heteroatoms. The fraction of sp³-hybridized carbons (Fsp3) is 0.222. The molecule has 1 heterocycles. The molecule has 24 heavy (non-hydrogen) atoms. The Morgan fingerprint density at radius 1 is 1.08 bits per heavy atom. The Bertz CT molecular complexity index is 773. The number of rotatable bonds is 2. The van der Waals surface area contributed by atoms with E-state index in [0.29, 0.717) is 31.7 Å². The fourth-order valence-corrected chi connectivity index (χ4v) is 3.02. The van der Waals surface area contributed by atoms with E-state index in [1.165, 1.54) is 18.2 Å². The van der Waals surface area contributed by atoms with Crippen LogP contribution in [-0.2, 0) is 0 Å². The molecule has 3 rings (SSSR count). The van der Waals surface area contributed by atoms with Crippen molar-refractivity contribution < 1.29 is 9.18 Å². The van der Waals surface area contributed by atoms with Crippen LogP contribution in [-0.4, -0.2) is 37.0 Å². The monoisotopic (exact) mass is 343 g/mol. The quantitative estimate of drug-likeness (QED) is 0.840. The second-order valence-electron chi connectivity index (χ2n) is 5.53. The van der Waals surface area contributed by atoms with Crippen molar-refractivity contribution in [1.29, 1.82) is 5.26 Å². The second kappa shape index (κ2) is 6.90. The highest BCUT2D eigenvalue weighted by molar-refractivity contribution is 6.33. The highest BCUT2D eigenvalue weighted by Gasteiger charge is 2.25. The molecule has 0 aliphatic carbocycles. The van der Waals surface area contributed by atoms with Crippen molar-refractivity contribution in [3.05, 3.63) is 64.4 Å². The van der Waals surface area contributed by atoms with Gasteiger partial charge >= 0.3 is 0 Å². The number of anilines is 1. The molecule has 1 saturated heterocycles. The Morgan fingerprint density at radius 3 is 2.33 bits per heavy atom. The lowest BCUT2D eigenvalue weighted by Crippen LogP contribution is -2.49. The Hall–Kier alpha value is -2.58. The lowest BCUT2D eigenvalue weighted by molar-refractivity contribution is 0.0742. The summed E-state index contributed by atoms with van der Waals surface area (Å²) in [5, 5.41) is 8.97. The lowest BCUT2D eigenvalue weighted by Gasteiger charge is -2.36. The van der Waals surface area contributed by atoms with E-state index in [1.807, 2.05) is 12.1 Å². The number of hydrogen-bond acceptors (Lipinski definition) is 3. The Kier molecular flexibility index (Phi) is 4.68. The fourth-order valence-electron chi connectivity index (χ4n) is 2.77. The maximum Gasteiger partial charge on any atom is 0.258 e. The number of halogens is 2. The molecule has 1 fully saturated rings. The molecule has 2 aromatic carbocycles. The highest BCUT2D eigenvalue weighted by atomic mass is 35.5. The van der Waals surface area contributed by atoms with Crippen LogP contribution in [0.1, 0.15) is 15.9 Å². The number of nitrogens with zero attached hydrogens (tertiary/aromatic N) is 3. The number of carbonyl (C=O) groups is 1. The molecule has 0 atom stereocenters. The number of nitriles is 1. The van der Waals surface area contributed by atoms with Crippen molar-refractivity contribution >= 4 is 23.2 Å². The van der Waals surface area contributed by atoms with E-state index in [9.17, 15) is 9.18 Å². The predicted octanol–water partition coefficient (Wildman–Crippen LogP) is 3.31. The third-order valence-corrected chi connectivity index (χ3v) is 4.42. The predicted molar refractivity (Wildman–Crippen MR) is 90.7 cm³/mol. The van der Waals surface area contributed by atoms with E-state index < -0.39 is 5.82 Å². The molecule has 1 amide bonds. The lowest BCUT2D eigenvalue weighted by atomic mass is 10.1. The number of amides is 1. The maximum absolute atomic E-state index is 13.9. The van der Waals surface area contributed by atoms with Gasteiger partial charge in [0.2, 0.25) is 0 Å². The molecule has 0 radical (unpaired) electrons. The molecule has 0 unspecified atom stereocenters. The van der Waals surface area contributed by atoms with Crippen molar-refractivity contribution in [2.45, 2.75) is 0 Å². The zero-order chi connectivity index (χ0) is 17.1. The zero-order valence-electron chi connectivity index (χ0n) is 12.9. The van der Waals surface area contributed by atoms with Gasteiger partial charge in [-0.1, -0.05) is 17.7 Å². The van der Waals surface area contributed by atoms with Gasteiger partial charge in [-0.05, 0) is 36.4 Å². The van der Waals surface area contributed by atoms with Crippen LogP contribution in [0.2, 0.25) is 5.02 Å². The first-order chi connectivity index (χ1) is 11.6. The SMILES string of the molecule is N#Cc1ccc(N2CCN(C(=O)c3c(F)cccc3Cl)CC2)cc1. The molecule has 1 aliphatic heterocycles. The minimum absolute atomic E-state index is 0.0639. The summed E-state index contributed by atoms with van der Waals surface area (Å²) >= 11 is 5.97. The highest BCUT2D eigenvalue weighted by Crippen LogP contribution is 2.23. The molecule has 0 aromatic heterocycles. The Morgan fingerprint density at radius 2 is 1.75 bits per heavy atom. The van der Waals surface area contributed by atoms with Crippen LogP contribution in [0.3, 0.4) is 0 Å². The molecule has 4 nitrogen and oxygen atoms in total. The van der Waals surface area contributed by atoms with E-state index in [0.717, 1.165) is 5.69 Å².